The summed E-state index contributed by atoms with van der Waals surface area (Å²) in [4.78, 5) is 10.8. The van der Waals surface area contributed by atoms with E-state index in [0.29, 0.717) is 0 Å². The van der Waals surface area contributed by atoms with E-state index in [4.69, 9.17) is 5.11 Å². The third-order valence-corrected chi connectivity index (χ3v) is 2.49. The number of fused-ring (bicyclic) bond motifs is 1. The molecule has 0 bridgehead atoms. The maximum absolute atomic E-state index is 12.8. The van der Waals surface area contributed by atoms with Crippen LogP contribution in [-0.2, 0) is 17.4 Å². The molecule has 2 rings (SSSR count). The summed E-state index contributed by atoms with van der Waals surface area (Å²) in [7, 11) is -1.74. The molecule has 90 valence electrons. The summed E-state index contributed by atoms with van der Waals surface area (Å²) >= 11 is 0. The van der Waals surface area contributed by atoms with Gasteiger partial charge in [0.2, 0.25) is 0 Å². The normalized spacial score (nSPS) is 14.9. The highest BCUT2D eigenvalue weighted by atomic mass is 19.4. The van der Waals surface area contributed by atoms with E-state index in [-0.39, 0.29) is 12.2 Å². The van der Waals surface area contributed by atoms with Gasteiger partial charge in [-0.2, -0.15) is 13.2 Å². The first-order chi connectivity index (χ1) is 7.82. The fourth-order valence-electron chi connectivity index (χ4n) is 1.81. The molecule has 1 aliphatic heterocycles. The summed E-state index contributed by atoms with van der Waals surface area (Å²) < 4.78 is 43.1. The molecule has 1 aliphatic rings. The van der Waals surface area contributed by atoms with E-state index in [0.717, 1.165) is 6.07 Å². The summed E-state index contributed by atoms with van der Waals surface area (Å²) in [5.74, 6) is -1.70. The van der Waals surface area contributed by atoms with Crippen LogP contribution in [0, 0.1) is 0 Å². The van der Waals surface area contributed by atoms with Crippen LogP contribution in [0.2, 0.25) is 0 Å². The van der Waals surface area contributed by atoms with Gasteiger partial charge in [-0.25, -0.2) is 4.79 Å². The van der Waals surface area contributed by atoms with Crippen molar-refractivity contribution in [3.05, 3.63) is 28.8 Å². The third-order valence-electron chi connectivity index (χ3n) is 2.49. The van der Waals surface area contributed by atoms with Crippen LogP contribution < -0.4 is 5.46 Å². The predicted molar refractivity (Wildman–Crippen MR) is 50.8 cm³/mol. The highest BCUT2D eigenvalue weighted by Crippen LogP contribution is 2.33. The van der Waals surface area contributed by atoms with Crippen molar-refractivity contribution in [1.29, 1.82) is 0 Å². The standard InChI is InChI=1S/C9H6BF3O4/c11-9(12,13)6-5(8(14)15)2-1-4-3-17-10(16)7(4)6/h1-2,16H,3H2,(H,14,15). The lowest BCUT2D eigenvalue weighted by Crippen LogP contribution is -2.36. The first-order valence-corrected chi connectivity index (χ1v) is 4.58. The zero-order chi connectivity index (χ0) is 12.8. The molecule has 1 aromatic carbocycles. The van der Waals surface area contributed by atoms with Gasteiger partial charge in [0.25, 0.3) is 0 Å². The molecule has 0 unspecified atom stereocenters. The second-order valence-electron chi connectivity index (χ2n) is 3.53. The lowest BCUT2D eigenvalue weighted by Gasteiger charge is -2.14. The fourth-order valence-corrected chi connectivity index (χ4v) is 1.81. The van der Waals surface area contributed by atoms with Crippen molar-refractivity contribution in [2.24, 2.45) is 0 Å². The van der Waals surface area contributed by atoms with E-state index in [1.807, 2.05) is 0 Å². The second-order valence-corrected chi connectivity index (χ2v) is 3.53. The molecule has 0 radical (unpaired) electrons. The van der Waals surface area contributed by atoms with Crippen molar-refractivity contribution in [2.75, 3.05) is 0 Å². The van der Waals surface area contributed by atoms with Gasteiger partial charge in [-0.15, -0.1) is 0 Å². The van der Waals surface area contributed by atoms with Crippen molar-refractivity contribution in [3.63, 3.8) is 0 Å². The summed E-state index contributed by atoms with van der Waals surface area (Å²) in [6.45, 7) is -0.167. The zero-order valence-corrected chi connectivity index (χ0v) is 8.28. The van der Waals surface area contributed by atoms with Gasteiger partial charge < -0.3 is 14.8 Å². The predicted octanol–water partition coefficient (Wildman–Crippen LogP) is 0.621. The molecule has 0 saturated heterocycles. The van der Waals surface area contributed by atoms with E-state index in [2.05, 4.69) is 4.65 Å². The molecule has 1 aromatic rings. The van der Waals surface area contributed by atoms with Gasteiger partial charge in [-0.05, 0) is 11.6 Å². The Kier molecular flexibility index (Phi) is 2.63. The van der Waals surface area contributed by atoms with Crippen molar-refractivity contribution in [2.45, 2.75) is 12.8 Å². The minimum absolute atomic E-state index is 0.148. The number of hydrogen-bond donors (Lipinski definition) is 2. The molecule has 0 atom stereocenters. The number of carbonyl (C=O) groups is 1. The number of rotatable bonds is 1. The summed E-state index contributed by atoms with van der Waals surface area (Å²) in [5.41, 5.74) is -2.58. The van der Waals surface area contributed by atoms with Gasteiger partial charge in [0.15, 0.2) is 0 Å². The minimum Gasteiger partial charge on any atom is -0.478 e. The molecule has 0 fully saturated rings. The van der Waals surface area contributed by atoms with Gasteiger partial charge in [-0.3, -0.25) is 0 Å². The molecule has 0 saturated carbocycles. The smallest absolute Gasteiger partial charge is 0.478 e. The summed E-state index contributed by atoms with van der Waals surface area (Å²) in [5, 5.41) is 18.0. The largest absolute Gasteiger partial charge is 0.492 e. The van der Waals surface area contributed by atoms with E-state index in [9.17, 15) is 23.0 Å². The van der Waals surface area contributed by atoms with Gasteiger partial charge in [0, 0.05) is 5.46 Å². The van der Waals surface area contributed by atoms with E-state index in [1.165, 1.54) is 6.07 Å². The van der Waals surface area contributed by atoms with E-state index >= 15 is 0 Å². The maximum atomic E-state index is 12.8. The first-order valence-electron chi connectivity index (χ1n) is 4.58. The first kappa shape index (κ1) is 11.9. The molecule has 0 aromatic heterocycles. The van der Waals surface area contributed by atoms with Gasteiger partial charge in [0.1, 0.15) is 0 Å². The molecule has 8 heteroatoms. The molecule has 1 heterocycles. The number of carboxylic acid groups (broad SMARTS) is 1. The Morgan fingerprint density at radius 1 is 1.41 bits per heavy atom. The summed E-state index contributed by atoms with van der Waals surface area (Å²) in [6.07, 6.45) is -4.85. The van der Waals surface area contributed by atoms with Crippen molar-refractivity contribution in [1.82, 2.24) is 0 Å². The summed E-state index contributed by atoms with van der Waals surface area (Å²) in [6, 6.07) is 2.08. The second kappa shape index (κ2) is 3.74. The molecule has 17 heavy (non-hydrogen) atoms. The quantitative estimate of drug-likeness (QED) is 0.713. The van der Waals surface area contributed by atoms with Crippen molar-refractivity contribution < 1.29 is 32.8 Å². The van der Waals surface area contributed by atoms with Gasteiger partial charge in [0.05, 0.1) is 17.7 Å². The van der Waals surface area contributed by atoms with Crippen LogP contribution in [0.5, 0.6) is 0 Å². The van der Waals surface area contributed by atoms with Crippen LogP contribution in [0.15, 0.2) is 12.1 Å². The average Bonchev–Trinajstić information content (AvgIpc) is 2.57. The van der Waals surface area contributed by atoms with Crippen LogP contribution in [0.25, 0.3) is 0 Å². The molecule has 0 aliphatic carbocycles. The highest BCUT2D eigenvalue weighted by molar-refractivity contribution is 6.62. The average molecular weight is 246 g/mol. The lowest BCUT2D eigenvalue weighted by molar-refractivity contribution is -0.137. The molecular weight excluding hydrogens is 240 g/mol. The van der Waals surface area contributed by atoms with Crippen LogP contribution in [-0.4, -0.2) is 23.2 Å². The van der Waals surface area contributed by atoms with Crippen LogP contribution in [0.4, 0.5) is 13.2 Å². The number of alkyl halides is 3. The Hall–Kier alpha value is -1.54. The minimum atomic E-state index is -4.85. The van der Waals surface area contributed by atoms with Gasteiger partial charge in [-0.1, -0.05) is 6.07 Å². The molecule has 0 spiro atoms. The van der Waals surface area contributed by atoms with E-state index < -0.39 is 35.9 Å². The molecule has 4 nitrogen and oxygen atoms in total. The number of aromatic carboxylic acids is 1. The monoisotopic (exact) mass is 246 g/mol. The fraction of sp³-hybridized carbons (Fsp3) is 0.222. The van der Waals surface area contributed by atoms with Crippen molar-refractivity contribution in [3.8, 4) is 0 Å². The van der Waals surface area contributed by atoms with Crippen molar-refractivity contribution >= 4 is 18.6 Å². The topological polar surface area (TPSA) is 66.8 Å². The SMILES string of the molecule is O=C(O)c1ccc2c(c1C(F)(F)F)B(O)OC2. The number of hydrogen-bond acceptors (Lipinski definition) is 3. The van der Waals surface area contributed by atoms with Gasteiger partial charge >= 0.3 is 19.3 Å². The maximum Gasteiger partial charge on any atom is 0.492 e. The van der Waals surface area contributed by atoms with E-state index in [1.54, 1.807) is 0 Å². The number of halogens is 3. The van der Waals surface area contributed by atoms with Crippen LogP contribution in [0.1, 0.15) is 21.5 Å². The highest BCUT2D eigenvalue weighted by Gasteiger charge is 2.44. The Labute approximate surface area is 93.8 Å². The Morgan fingerprint density at radius 3 is 2.59 bits per heavy atom. The van der Waals surface area contributed by atoms with Crippen LogP contribution in [0.3, 0.4) is 0 Å². The Balaban J connectivity index is 2.75. The van der Waals surface area contributed by atoms with Crippen LogP contribution >= 0.6 is 0 Å². The molecular formula is C9H6BF3O4. The Bertz CT molecular complexity index is 486. The number of carboxylic acids is 1. The molecule has 0 amide bonds. The Morgan fingerprint density at radius 2 is 2.06 bits per heavy atom. The lowest BCUT2D eigenvalue weighted by atomic mass is 9.74. The third kappa shape index (κ3) is 1.89. The molecule has 2 N–H and O–H groups in total. The number of benzene rings is 1. The zero-order valence-electron chi connectivity index (χ0n) is 8.28.